The van der Waals surface area contributed by atoms with Crippen molar-refractivity contribution >= 4 is 16.8 Å². The van der Waals surface area contributed by atoms with Gasteiger partial charge in [0, 0.05) is 30.7 Å². The molecule has 9 nitrogen and oxygen atoms in total. The number of aromatic nitrogens is 5. The average Bonchev–Trinajstić information content (AvgIpc) is 3.44. The molecular weight excluding hydrogens is 453 g/mol. The fourth-order valence-electron chi connectivity index (χ4n) is 3.92. The Morgan fingerprint density at radius 3 is 2.71 bits per heavy atom. The summed E-state index contributed by atoms with van der Waals surface area (Å²) in [4.78, 5) is 27.1. The number of fused-ring (bicyclic) bond motifs is 1. The van der Waals surface area contributed by atoms with Gasteiger partial charge in [-0.15, -0.1) is 0 Å². The van der Waals surface area contributed by atoms with Crippen LogP contribution in [-0.4, -0.2) is 61.3 Å². The molecule has 0 aliphatic carbocycles. The highest BCUT2D eigenvalue weighted by atomic mass is 19.4. The highest BCUT2D eigenvalue weighted by Gasteiger charge is 2.38. The Morgan fingerprint density at radius 2 is 1.97 bits per heavy atom. The molecule has 4 aromatic heterocycles. The Balaban J connectivity index is 1.48. The number of alkyl halides is 3. The SMILES string of the molecule is C[C@H]1COCCN1C(=O)c1cc2cc(-c3cc(-c4noc(C(F)(F)F)n4)ccn3)ncc2n1C. The first-order valence-electron chi connectivity index (χ1n) is 10.4. The van der Waals surface area contributed by atoms with Crippen molar-refractivity contribution in [3.05, 3.63) is 48.2 Å². The molecule has 1 aliphatic heterocycles. The number of carbonyl (C=O) groups is 1. The van der Waals surface area contributed by atoms with Crippen LogP contribution in [0.2, 0.25) is 0 Å². The lowest BCUT2D eigenvalue weighted by Gasteiger charge is -2.33. The van der Waals surface area contributed by atoms with Crippen molar-refractivity contribution in [2.75, 3.05) is 19.8 Å². The van der Waals surface area contributed by atoms with Gasteiger partial charge in [0.15, 0.2) is 0 Å². The van der Waals surface area contributed by atoms with Crippen LogP contribution in [0.3, 0.4) is 0 Å². The van der Waals surface area contributed by atoms with Gasteiger partial charge in [-0.1, -0.05) is 5.16 Å². The van der Waals surface area contributed by atoms with Gasteiger partial charge in [0.25, 0.3) is 5.91 Å². The van der Waals surface area contributed by atoms with Gasteiger partial charge in [0.2, 0.25) is 5.82 Å². The summed E-state index contributed by atoms with van der Waals surface area (Å²) in [6.45, 7) is 3.46. The standard InChI is InChI=1S/C22H19F3N6O3/c1-12-11-33-6-5-31(12)20(32)17-9-14-8-16(27-10-18(14)30(17)2)15-7-13(3-4-26-15)19-28-21(34-29-19)22(23,24)25/h3-4,7-10,12H,5-6,11H2,1-2H3/t12-/m0/s1. The summed E-state index contributed by atoms with van der Waals surface area (Å²) in [5.74, 6) is -1.71. The number of rotatable bonds is 3. The van der Waals surface area contributed by atoms with Gasteiger partial charge in [-0.3, -0.25) is 14.8 Å². The van der Waals surface area contributed by atoms with Gasteiger partial charge >= 0.3 is 12.1 Å². The molecule has 0 N–H and O–H groups in total. The minimum absolute atomic E-state index is 0.0251. The molecule has 12 heteroatoms. The second-order valence-corrected chi connectivity index (χ2v) is 7.99. The molecule has 1 atom stereocenters. The fourth-order valence-corrected chi connectivity index (χ4v) is 3.92. The van der Waals surface area contributed by atoms with Crippen LogP contribution in [0, 0.1) is 0 Å². The van der Waals surface area contributed by atoms with Gasteiger partial charge in [-0.05, 0) is 31.2 Å². The van der Waals surface area contributed by atoms with Crippen molar-refractivity contribution in [2.24, 2.45) is 7.05 Å². The number of amides is 1. The van der Waals surface area contributed by atoms with Crippen molar-refractivity contribution < 1.29 is 27.2 Å². The smallest absolute Gasteiger partial charge is 0.377 e. The molecular formula is C22H19F3N6O3. The zero-order valence-corrected chi connectivity index (χ0v) is 18.2. The molecule has 176 valence electrons. The van der Waals surface area contributed by atoms with Crippen LogP contribution in [0.1, 0.15) is 23.3 Å². The van der Waals surface area contributed by atoms with Gasteiger partial charge in [-0.25, -0.2) is 0 Å². The van der Waals surface area contributed by atoms with Gasteiger partial charge < -0.3 is 18.7 Å². The number of ether oxygens (including phenoxy) is 1. The predicted octanol–water partition coefficient (Wildman–Crippen LogP) is 3.57. The summed E-state index contributed by atoms with van der Waals surface area (Å²) in [5, 5.41) is 4.19. The zero-order chi connectivity index (χ0) is 24.0. The van der Waals surface area contributed by atoms with Crippen molar-refractivity contribution in [3.8, 4) is 22.8 Å². The number of hydrogen-bond donors (Lipinski definition) is 0. The molecule has 1 saturated heterocycles. The number of halogens is 3. The van der Waals surface area contributed by atoms with Crippen LogP contribution in [-0.2, 0) is 18.0 Å². The number of hydrogen-bond acceptors (Lipinski definition) is 7. The summed E-state index contributed by atoms with van der Waals surface area (Å²) >= 11 is 0. The van der Waals surface area contributed by atoms with E-state index in [2.05, 4.69) is 24.6 Å². The second kappa shape index (κ2) is 8.20. The molecule has 4 aromatic rings. The van der Waals surface area contributed by atoms with E-state index in [1.54, 1.807) is 34.8 Å². The van der Waals surface area contributed by atoms with Crippen molar-refractivity contribution in [2.45, 2.75) is 19.1 Å². The largest absolute Gasteiger partial charge is 0.471 e. The van der Waals surface area contributed by atoms with Crippen LogP contribution >= 0.6 is 0 Å². The Kier molecular flexibility index (Phi) is 5.31. The molecule has 1 amide bonds. The molecule has 0 unspecified atom stereocenters. The van der Waals surface area contributed by atoms with Gasteiger partial charge in [-0.2, -0.15) is 18.2 Å². The first kappa shape index (κ1) is 22.0. The average molecular weight is 472 g/mol. The number of morpholine rings is 1. The van der Waals surface area contributed by atoms with Crippen molar-refractivity contribution in [3.63, 3.8) is 0 Å². The maximum atomic E-state index is 13.1. The molecule has 0 bridgehead atoms. The van der Waals surface area contributed by atoms with Crippen LogP contribution in [0.5, 0.6) is 0 Å². The van der Waals surface area contributed by atoms with E-state index < -0.39 is 12.1 Å². The molecule has 5 heterocycles. The Hall–Kier alpha value is -3.80. The highest BCUT2D eigenvalue weighted by Crippen LogP contribution is 2.30. The normalized spacial score (nSPS) is 16.9. The van der Waals surface area contributed by atoms with E-state index >= 15 is 0 Å². The Bertz CT molecular complexity index is 1380. The summed E-state index contributed by atoms with van der Waals surface area (Å²) in [6, 6.07) is 6.56. The number of carbonyl (C=O) groups excluding carboxylic acids is 1. The van der Waals surface area contributed by atoms with E-state index in [1.165, 1.54) is 18.3 Å². The predicted molar refractivity (Wildman–Crippen MR) is 114 cm³/mol. The van der Waals surface area contributed by atoms with Gasteiger partial charge in [0.1, 0.15) is 5.69 Å². The molecule has 5 rings (SSSR count). The third-order valence-electron chi connectivity index (χ3n) is 5.73. The third kappa shape index (κ3) is 3.89. The molecule has 0 radical (unpaired) electrons. The quantitative estimate of drug-likeness (QED) is 0.450. The third-order valence-corrected chi connectivity index (χ3v) is 5.73. The van der Waals surface area contributed by atoms with Crippen LogP contribution in [0.25, 0.3) is 33.7 Å². The molecule has 1 fully saturated rings. The topological polar surface area (TPSA) is 99.2 Å². The Morgan fingerprint density at radius 1 is 1.18 bits per heavy atom. The zero-order valence-electron chi connectivity index (χ0n) is 18.2. The van der Waals surface area contributed by atoms with E-state index in [4.69, 9.17) is 4.74 Å². The highest BCUT2D eigenvalue weighted by molar-refractivity contribution is 5.99. The first-order valence-corrected chi connectivity index (χ1v) is 10.4. The summed E-state index contributed by atoms with van der Waals surface area (Å²) in [6.07, 6.45) is -1.66. The van der Waals surface area contributed by atoms with Crippen LogP contribution < -0.4 is 0 Å². The Labute approximate surface area is 191 Å². The minimum Gasteiger partial charge on any atom is -0.377 e. The minimum atomic E-state index is -4.73. The summed E-state index contributed by atoms with van der Waals surface area (Å²) in [7, 11) is 1.80. The molecule has 0 aromatic carbocycles. The van der Waals surface area contributed by atoms with Crippen LogP contribution in [0.4, 0.5) is 13.2 Å². The van der Waals surface area contributed by atoms with E-state index in [1.807, 2.05) is 6.92 Å². The fraction of sp³-hybridized carbons (Fsp3) is 0.318. The molecule has 34 heavy (non-hydrogen) atoms. The van der Waals surface area contributed by atoms with E-state index in [0.29, 0.717) is 42.4 Å². The maximum Gasteiger partial charge on any atom is 0.471 e. The van der Waals surface area contributed by atoms with E-state index in [9.17, 15) is 18.0 Å². The maximum absolute atomic E-state index is 13.1. The lowest BCUT2D eigenvalue weighted by atomic mass is 10.1. The monoisotopic (exact) mass is 472 g/mol. The van der Waals surface area contributed by atoms with Crippen molar-refractivity contribution in [1.29, 1.82) is 0 Å². The lowest BCUT2D eigenvalue weighted by molar-refractivity contribution is -0.159. The molecule has 1 aliphatic rings. The molecule has 0 spiro atoms. The molecule has 0 saturated carbocycles. The first-order chi connectivity index (χ1) is 16.2. The summed E-state index contributed by atoms with van der Waals surface area (Å²) in [5.41, 5.74) is 2.49. The number of aryl methyl sites for hydroxylation is 1. The van der Waals surface area contributed by atoms with Crippen molar-refractivity contribution in [1.82, 2.24) is 29.6 Å². The number of pyridine rings is 2. The van der Waals surface area contributed by atoms with Crippen LogP contribution in [0.15, 0.2) is 41.2 Å². The second-order valence-electron chi connectivity index (χ2n) is 7.99. The van der Waals surface area contributed by atoms with E-state index in [0.717, 1.165) is 10.9 Å². The lowest BCUT2D eigenvalue weighted by Crippen LogP contribution is -2.47. The van der Waals surface area contributed by atoms with E-state index in [-0.39, 0.29) is 17.8 Å². The number of nitrogens with zero attached hydrogens (tertiary/aromatic N) is 6. The van der Waals surface area contributed by atoms with Gasteiger partial charge in [0.05, 0.1) is 42.4 Å². The summed E-state index contributed by atoms with van der Waals surface area (Å²) < 4.78 is 49.9.